The Morgan fingerprint density at radius 3 is 2.20 bits per heavy atom. The van der Waals surface area contributed by atoms with E-state index in [0.717, 1.165) is 82.6 Å². The first-order valence-corrected chi connectivity index (χ1v) is 11.4. The molecule has 0 saturated heterocycles. The molecule has 1 aliphatic carbocycles. The van der Waals surface area contributed by atoms with Crippen LogP contribution in [0.3, 0.4) is 0 Å². The predicted molar refractivity (Wildman–Crippen MR) is 118 cm³/mol. The zero-order valence-corrected chi connectivity index (χ0v) is 18.6. The Kier molecular flexibility index (Phi) is 8.75. The van der Waals surface area contributed by atoms with Crippen molar-refractivity contribution >= 4 is 11.9 Å². The van der Waals surface area contributed by atoms with Crippen LogP contribution in [0.1, 0.15) is 95.6 Å². The summed E-state index contributed by atoms with van der Waals surface area (Å²) in [7, 11) is 0. The summed E-state index contributed by atoms with van der Waals surface area (Å²) in [6.07, 6.45) is 11.8. The highest BCUT2D eigenvalue weighted by Gasteiger charge is 2.49. The van der Waals surface area contributed by atoms with E-state index in [1.54, 1.807) is 19.9 Å². The van der Waals surface area contributed by atoms with Gasteiger partial charge in [0, 0.05) is 0 Å². The van der Waals surface area contributed by atoms with Crippen molar-refractivity contribution in [1.29, 1.82) is 0 Å². The highest BCUT2D eigenvalue weighted by Crippen LogP contribution is 2.50. The van der Waals surface area contributed by atoms with Gasteiger partial charge in [0.05, 0.1) is 10.8 Å². The van der Waals surface area contributed by atoms with Gasteiger partial charge in [-0.2, -0.15) is 0 Å². The van der Waals surface area contributed by atoms with E-state index in [-0.39, 0.29) is 0 Å². The van der Waals surface area contributed by atoms with E-state index in [0.29, 0.717) is 12.2 Å². The highest BCUT2D eigenvalue weighted by atomic mass is 16.4. The molecule has 30 heavy (non-hydrogen) atoms. The van der Waals surface area contributed by atoms with E-state index in [1.165, 1.54) is 5.56 Å². The third kappa shape index (κ3) is 7.03. The number of benzene rings is 1. The maximum absolute atomic E-state index is 11.2. The SMILES string of the molecule is CC(C)(CCCCCCc1c(O)cccc1CCCCCC1(C(=O)O)CC1)C(=O)O. The molecule has 1 aliphatic rings. The summed E-state index contributed by atoms with van der Waals surface area (Å²) in [5, 5.41) is 28.7. The number of unbranched alkanes of at least 4 members (excludes halogenated alkanes) is 5. The van der Waals surface area contributed by atoms with Crippen molar-refractivity contribution in [2.24, 2.45) is 10.8 Å². The van der Waals surface area contributed by atoms with Crippen LogP contribution in [0, 0.1) is 10.8 Å². The molecule has 0 aliphatic heterocycles. The summed E-state index contributed by atoms with van der Waals surface area (Å²) in [4.78, 5) is 22.4. The molecule has 1 aromatic rings. The molecule has 2 rings (SSSR count). The van der Waals surface area contributed by atoms with E-state index in [1.807, 2.05) is 6.07 Å². The maximum Gasteiger partial charge on any atom is 0.309 e. The van der Waals surface area contributed by atoms with Crippen LogP contribution < -0.4 is 0 Å². The molecule has 0 heterocycles. The average Bonchev–Trinajstić information content (AvgIpc) is 3.47. The molecule has 5 nitrogen and oxygen atoms in total. The fourth-order valence-electron chi connectivity index (χ4n) is 4.15. The molecule has 168 valence electrons. The number of hydrogen-bond acceptors (Lipinski definition) is 3. The van der Waals surface area contributed by atoms with E-state index in [2.05, 4.69) is 6.07 Å². The molecule has 1 fully saturated rings. The van der Waals surface area contributed by atoms with Gasteiger partial charge in [-0.15, -0.1) is 0 Å². The number of aryl methyl sites for hydroxylation is 1. The lowest BCUT2D eigenvalue weighted by molar-refractivity contribution is -0.147. The number of phenols is 1. The quantitative estimate of drug-likeness (QED) is 0.305. The van der Waals surface area contributed by atoms with Crippen molar-refractivity contribution in [3.8, 4) is 5.75 Å². The fraction of sp³-hybridized carbons (Fsp3) is 0.680. The summed E-state index contributed by atoms with van der Waals surface area (Å²) >= 11 is 0. The third-order valence-electron chi connectivity index (χ3n) is 6.71. The molecule has 0 unspecified atom stereocenters. The first-order valence-electron chi connectivity index (χ1n) is 11.4. The van der Waals surface area contributed by atoms with Crippen LogP contribution in [0.4, 0.5) is 0 Å². The minimum absolute atomic E-state index is 0.363. The second kappa shape index (κ2) is 10.8. The van der Waals surface area contributed by atoms with Gasteiger partial charge in [-0.05, 0) is 82.4 Å². The lowest BCUT2D eigenvalue weighted by Gasteiger charge is -2.18. The van der Waals surface area contributed by atoms with Crippen LogP contribution in [0.5, 0.6) is 5.75 Å². The van der Waals surface area contributed by atoms with Gasteiger partial charge >= 0.3 is 11.9 Å². The van der Waals surface area contributed by atoms with Crippen LogP contribution in [0.15, 0.2) is 18.2 Å². The van der Waals surface area contributed by atoms with Crippen molar-refractivity contribution in [3.05, 3.63) is 29.3 Å². The molecule has 5 heteroatoms. The molecule has 0 spiro atoms. The monoisotopic (exact) mass is 418 g/mol. The number of carbonyl (C=O) groups is 2. The standard InChI is InChI=1S/C25H38O5/c1-24(2,22(27)28)15-8-4-3-7-13-20-19(12-10-14-21(20)26)11-6-5-9-16-25(17-18-25)23(29)30/h10,12,14,26H,3-9,11,13,15-18H2,1-2H3,(H,27,28)(H,29,30). The van der Waals surface area contributed by atoms with Crippen LogP contribution in [-0.4, -0.2) is 27.3 Å². The van der Waals surface area contributed by atoms with Crippen molar-refractivity contribution in [1.82, 2.24) is 0 Å². The first-order chi connectivity index (χ1) is 14.2. The zero-order valence-electron chi connectivity index (χ0n) is 18.6. The van der Waals surface area contributed by atoms with E-state index >= 15 is 0 Å². The van der Waals surface area contributed by atoms with Gasteiger partial charge in [-0.25, -0.2) is 0 Å². The number of hydrogen-bond donors (Lipinski definition) is 3. The van der Waals surface area contributed by atoms with Crippen LogP contribution in [0.2, 0.25) is 0 Å². The maximum atomic E-state index is 11.2. The lowest BCUT2D eigenvalue weighted by Crippen LogP contribution is -2.23. The average molecular weight is 419 g/mol. The summed E-state index contributed by atoms with van der Waals surface area (Å²) in [5.41, 5.74) is 1.15. The smallest absolute Gasteiger partial charge is 0.309 e. The summed E-state index contributed by atoms with van der Waals surface area (Å²) in [6.45, 7) is 3.55. The Morgan fingerprint density at radius 1 is 0.933 bits per heavy atom. The van der Waals surface area contributed by atoms with E-state index in [4.69, 9.17) is 0 Å². The molecule has 0 atom stereocenters. The number of carboxylic acids is 2. The van der Waals surface area contributed by atoms with Crippen molar-refractivity contribution < 1.29 is 24.9 Å². The van der Waals surface area contributed by atoms with Gasteiger partial charge < -0.3 is 15.3 Å². The Hall–Kier alpha value is -2.04. The normalized spacial score (nSPS) is 15.1. The highest BCUT2D eigenvalue weighted by molar-refractivity contribution is 5.77. The molecule has 3 N–H and O–H groups in total. The number of phenolic OH excluding ortho intramolecular Hbond substituents is 1. The molecule has 0 aromatic heterocycles. The Balaban J connectivity index is 1.70. The van der Waals surface area contributed by atoms with Gasteiger partial charge in [0.15, 0.2) is 0 Å². The second-order valence-electron chi connectivity index (χ2n) is 9.66. The molecule has 0 bridgehead atoms. The summed E-state index contributed by atoms with van der Waals surface area (Å²) in [5.74, 6) is -1.01. The minimum atomic E-state index is -0.739. The summed E-state index contributed by atoms with van der Waals surface area (Å²) in [6, 6.07) is 5.73. The predicted octanol–water partition coefficient (Wildman–Crippen LogP) is 5.96. The number of aromatic hydroxyl groups is 1. The first kappa shape index (κ1) is 24.2. The van der Waals surface area contributed by atoms with Gasteiger partial charge in [0.25, 0.3) is 0 Å². The summed E-state index contributed by atoms with van der Waals surface area (Å²) < 4.78 is 0. The Morgan fingerprint density at radius 2 is 1.57 bits per heavy atom. The lowest BCUT2D eigenvalue weighted by atomic mass is 9.87. The molecule has 1 aromatic carbocycles. The van der Waals surface area contributed by atoms with Gasteiger partial charge in [-0.1, -0.05) is 44.2 Å². The van der Waals surface area contributed by atoms with Gasteiger partial charge in [0.1, 0.15) is 5.75 Å². The minimum Gasteiger partial charge on any atom is -0.508 e. The van der Waals surface area contributed by atoms with Crippen molar-refractivity contribution in [2.45, 2.75) is 97.3 Å². The molecular weight excluding hydrogens is 380 g/mol. The van der Waals surface area contributed by atoms with E-state index in [9.17, 15) is 24.9 Å². The molecule has 0 radical (unpaired) electrons. The zero-order chi connectivity index (χ0) is 22.2. The Bertz CT molecular complexity index is 718. The van der Waals surface area contributed by atoms with Crippen LogP contribution >= 0.6 is 0 Å². The van der Waals surface area contributed by atoms with Crippen molar-refractivity contribution in [2.75, 3.05) is 0 Å². The number of carboxylic acid groups (broad SMARTS) is 2. The van der Waals surface area contributed by atoms with Gasteiger partial charge in [0.2, 0.25) is 0 Å². The molecule has 1 saturated carbocycles. The van der Waals surface area contributed by atoms with E-state index < -0.39 is 22.8 Å². The number of aliphatic carboxylic acids is 2. The van der Waals surface area contributed by atoms with Crippen molar-refractivity contribution in [3.63, 3.8) is 0 Å². The topological polar surface area (TPSA) is 94.8 Å². The Labute approximate surface area is 180 Å². The molecule has 0 amide bonds. The van der Waals surface area contributed by atoms with Gasteiger partial charge in [-0.3, -0.25) is 9.59 Å². The van der Waals surface area contributed by atoms with Crippen LogP contribution in [-0.2, 0) is 22.4 Å². The largest absolute Gasteiger partial charge is 0.508 e. The van der Waals surface area contributed by atoms with Crippen LogP contribution in [0.25, 0.3) is 0 Å². The number of rotatable bonds is 15. The fourth-order valence-corrected chi connectivity index (χ4v) is 4.15. The second-order valence-corrected chi connectivity index (χ2v) is 9.66. The third-order valence-corrected chi connectivity index (χ3v) is 6.71. The molecular formula is C25H38O5.